The lowest BCUT2D eigenvalue weighted by molar-refractivity contribution is 0.558. The number of benzene rings is 1. The summed E-state index contributed by atoms with van der Waals surface area (Å²) in [4.78, 5) is 8.80. The Morgan fingerprint density at radius 2 is 1.12 bits per heavy atom. The van der Waals surface area contributed by atoms with Crippen molar-refractivity contribution in [3.63, 3.8) is 0 Å². The van der Waals surface area contributed by atoms with E-state index in [1.807, 2.05) is 36.4 Å². The van der Waals surface area contributed by atoms with E-state index >= 15 is 0 Å². The van der Waals surface area contributed by atoms with Crippen molar-refractivity contribution in [1.82, 2.24) is 9.97 Å². The zero-order valence-electron chi connectivity index (χ0n) is 14.1. The lowest BCUT2D eigenvalue weighted by Gasteiger charge is -1.99. The van der Waals surface area contributed by atoms with Crippen LogP contribution in [0.4, 0.5) is 0 Å². The molecule has 0 N–H and O–H groups in total. The van der Waals surface area contributed by atoms with Crippen LogP contribution in [-0.2, 0) is 0 Å². The molecule has 0 unspecified atom stereocenters. The molecule has 26 heavy (non-hydrogen) atoms. The summed E-state index contributed by atoms with van der Waals surface area (Å²) in [6.07, 6.45) is 17.8. The van der Waals surface area contributed by atoms with E-state index in [4.69, 9.17) is 8.83 Å². The van der Waals surface area contributed by atoms with E-state index in [0.29, 0.717) is 11.8 Å². The average Bonchev–Trinajstić information content (AvgIpc) is 3.49. The summed E-state index contributed by atoms with van der Waals surface area (Å²) < 4.78 is 11.8. The van der Waals surface area contributed by atoms with Gasteiger partial charge in [-0.2, -0.15) is 0 Å². The topological polar surface area (TPSA) is 52.1 Å². The van der Waals surface area contributed by atoms with Gasteiger partial charge in [-0.15, -0.1) is 0 Å². The van der Waals surface area contributed by atoms with Crippen molar-refractivity contribution in [3.05, 3.63) is 84.6 Å². The first-order valence-corrected chi connectivity index (χ1v) is 8.61. The van der Waals surface area contributed by atoms with Crippen LogP contribution < -0.4 is 0 Å². The third-order valence-corrected chi connectivity index (χ3v) is 4.57. The van der Waals surface area contributed by atoms with Gasteiger partial charge in [-0.3, -0.25) is 0 Å². The Hall–Kier alpha value is -3.40. The molecule has 126 valence electrons. The number of hydrogen-bond acceptors (Lipinski definition) is 4. The summed E-state index contributed by atoms with van der Waals surface area (Å²) in [6.45, 7) is 0. The number of allylic oxidation sites excluding steroid dienone is 8. The molecular formula is C22H16N2O2. The van der Waals surface area contributed by atoms with Gasteiger partial charge in [0.1, 0.15) is 0 Å². The van der Waals surface area contributed by atoms with Gasteiger partial charge < -0.3 is 8.83 Å². The number of oxazole rings is 2. The van der Waals surface area contributed by atoms with Crippen LogP contribution in [0.25, 0.3) is 34.1 Å². The van der Waals surface area contributed by atoms with Crippen molar-refractivity contribution in [3.8, 4) is 22.9 Å². The first-order chi connectivity index (χ1) is 12.9. The van der Waals surface area contributed by atoms with Gasteiger partial charge in [0.05, 0.1) is 12.4 Å². The van der Waals surface area contributed by atoms with E-state index < -0.39 is 0 Å². The minimum Gasteiger partial charge on any atom is -0.436 e. The molecule has 4 heteroatoms. The lowest BCUT2D eigenvalue weighted by Crippen LogP contribution is -1.80. The second-order valence-electron chi connectivity index (χ2n) is 6.29. The second-order valence-corrected chi connectivity index (χ2v) is 6.29. The molecule has 4 nitrogen and oxygen atoms in total. The molecule has 0 spiro atoms. The SMILES string of the molecule is C1=CCC(c2cnc(-c3ccc(-c4ncc(C5=CC=CC5)o4)cc3)o2)=C1. The average molecular weight is 340 g/mol. The maximum Gasteiger partial charge on any atom is 0.226 e. The molecule has 2 heterocycles. The van der Waals surface area contributed by atoms with Crippen LogP contribution in [0, 0.1) is 0 Å². The Morgan fingerprint density at radius 3 is 1.50 bits per heavy atom. The Morgan fingerprint density at radius 1 is 0.654 bits per heavy atom. The largest absolute Gasteiger partial charge is 0.436 e. The molecular weight excluding hydrogens is 324 g/mol. The van der Waals surface area contributed by atoms with Crippen LogP contribution >= 0.6 is 0 Å². The van der Waals surface area contributed by atoms with E-state index in [2.05, 4.69) is 34.3 Å². The summed E-state index contributed by atoms with van der Waals surface area (Å²) in [7, 11) is 0. The van der Waals surface area contributed by atoms with Crippen LogP contribution in [0.15, 0.2) is 81.9 Å². The van der Waals surface area contributed by atoms with Gasteiger partial charge in [-0.25, -0.2) is 9.97 Å². The van der Waals surface area contributed by atoms with Crippen LogP contribution in [0.3, 0.4) is 0 Å². The zero-order valence-corrected chi connectivity index (χ0v) is 14.1. The zero-order chi connectivity index (χ0) is 17.3. The minimum atomic E-state index is 0.620. The lowest BCUT2D eigenvalue weighted by atomic mass is 10.1. The van der Waals surface area contributed by atoms with Gasteiger partial charge in [-0.05, 0) is 37.1 Å². The van der Waals surface area contributed by atoms with Crippen LogP contribution in [0.1, 0.15) is 24.4 Å². The number of aromatic nitrogens is 2. The summed E-state index contributed by atoms with van der Waals surface area (Å²) in [5, 5.41) is 0. The van der Waals surface area contributed by atoms with Crippen molar-refractivity contribution in [2.24, 2.45) is 0 Å². The fraction of sp³-hybridized carbons (Fsp3) is 0.0909. The fourth-order valence-electron chi connectivity index (χ4n) is 3.13. The predicted octanol–water partition coefficient (Wildman–Crippen LogP) is 5.68. The Kier molecular flexibility index (Phi) is 3.53. The molecule has 3 aromatic rings. The van der Waals surface area contributed by atoms with Crippen molar-refractivity contribution in [2.75, 3.05) is 0 Å². The van der Waals surface area contributed by atoms with E-state index in [9.17, 15) is 0 Å². The van der Waals surface area contributed by atoms with Crippen molar-refractivity contribution < 1.29 is 8.83 Å². The van der Waals surface area contributed by atoms with Crippen LogP contribution in [-0.4, -0.2) is 9.97 Å². The van der Waals surface area contributed by atoms with Gasteiger partial charge in [0.25, 0.3) is 0 Å². The van der Waals surface area contributed by atoms with Gasteiger partial charge in [0, 0.05) is 22.3 Å². The van der Waals surface area contributed by atoms with Crippen LogP contribution in [0.2, 0.25) is 0 Å². The number of nitrogens with zero attached hydrogens (tertiary/aromatic N) is 2. The second kappa shape index (κ2) is 6.15. The van der Waals surface area contributed by atoms with E-state index in [1.54, 1.807) is 12.4 Å². The number of hydrogen-bond donors (Lipinski definition) is 0. The molecule has 0 radical (unpaired) electrons. The molecule has 0 aliphatic heterocycles. The van der Waals surface area contributed by atoms with Gasteiger partial charge in [0.2, 0.25) is 11.8 Å². The molecule has 0 bridgehead atoms. The standard InChI is InChI=1S/C22H16N2O2/c1-2-6-15(5-1)19-13-23-21(25-19)17-9-11-18(12-10-17)22-24-14-20(26-22)16-7-3-4-8-16/h1-5,7,9-14H,6,8H2. The summed E-state index contributed by atoms with van der Waals surface area (Å²) in [5.74, 6) is 2.89. The molecule has 5 rings (SSSR count). The third-order valence-electron chi connectivity index (χ3n) is 4.57. The Labute approximate surface area is 150 Å². The highest BCUT2D eigenvalue weighted by atomic mass is 16.4. The number of rotatable bonds is 4. The van der Waals surface area contributed by atoms with Crippen molar-refractivity contribution >= 4 is 11.1 Å². The molecule has 0 saturated carbocycles. The quantitative estimate of drug-likeness (QED) is 0.613. The molecule has 0 atom stereocenters. The van der Waals surface area contributed by atoms with Crippen molar-refractivity contribution in [2.45, 2.75) is 12.8 Å². The van der Waals surface area contributed by atoms with E-state index in [1.165, 1.54) is 0 Å². The first-order valence-electron chi connectivity index (χ1n) is 8.61. The van der Waals surface area contributed by atoms with E-state index in [-0.39, 0.29) is 0 Å². The molecule has 0 amide bonds. The molecule has 2 aliphatic rings. The fourth-order valence-corrected chi connectivity index (χ4v) is 3.13. The predicted molar refractivity (Wildman–Crippen MR) is 101 cm³/mol. The molecule has 1 aromatic carbocycles. The summed E-state index contributed by atoms with van der Waals surface area (Å²) >= 11 is 0. The molecule has 0 fully saturated rings. The Balaban J connectivity index is 1.37. The van der Waals surface area contributed by atoms with Crippen LogP contribution in [0.5, 0.6) is 0 Å². The highest BCUT2D eigenvalue weighted by molar-refractivity contribution is 5.70. The van der Waals surface area contributed by atoms with Gasteiger partial charge >= 0.3 is 0 Å². The van der Waals surface area contributed by atoms with E-state index in [0.717, 1.165) is 46.6 Å². The first kappa shape index (κ1) is 14.9. The smallest absolute Gasteiger partial charge is 0.226 e. The molecule has 0 saturated heterocycles. The van der Waals surface area contributed by atoms with Crippen molar-refractivity contribution in [1.29, 1.82) is 0 Å². The highest BCUT2D eigenvalue weighted by Crippen LogP contribution is 2.30. The monoisotopic (exact) mass is 340 g/mol. The Bertz CT molecular complexity index is 988. The minimum absolute atomic E-state index is 0.620. The molecule has 2 aromatic heterocycles. The third kappa shape index (κ3) is 2.65. The highest BCUT2D eigenvalue weighted by Gasteiger charge is 2.14. The van der Waals surface area contributed by atoms with Gasteiger partial charge in [-0.1, -0.05) is 36.5 Å². The maximum atomic E-state index is 5.90. The van der Waals surface area contributed by atoms with Gasteiger partial charge in [0.15, 0.2) is 11.5 Å². The summed E-state index contributed by atoms with van der Waals surface area (Å²) in [6, 6.07) is 7.91. The molecule has 2 aliphatic carbocycles. The summed E-state index contributed by atoms with van der Waals surface area (Å²) in [5.41, 5.74) is 4.17. The maximum absolute atomic E-state index is 5.90. The normalized spacial score (nSPS) is 15.5.